The predicted octanol–water partition coefficient (Wildman–Crippen LogP) is -0.567. The lowest BCUT2D eigenvalue weighted by Gasteiger charge is -2.26. The first-order valence-corrected chi connectivity index (χ1v) is 5.36. The zero-order valence-corrected chi connectivity index (χ0v) is 10.0. The third-order valence-corrected chi connectivity index (χ3v) is 2.22. The van der Waals surface area contributed by atoms with E-state index in [0.29, 0.717) is 6.61 Å². The van der Waals surface area contributed by atoms with Gasteiger partial charge in [0.05, 0.1) is 31.8 Å². The van der Waals surface area contributed by atoms with Crippen molar-refractivity contribution in [1.82, 2.24) is 0 Å². The summed E-state index contributed by atoms with van der Waals surface area (Å²) in [5, 5.41) is 27.0. The van der Waals surface area contributed by atoms with Crippen LogP contribution in [0.2, 0.25) is 0 Å². The number of hydrogen-bond donors (Lipinski definition) is 3. The van der Waals surface area contributed by atoms with Crippen molar-refractivity contribution in [2.75, 3.05) is 33.0 Å². The number of carbonyl (C=O) groups excluding carboxylic acids is 1. The third-order valence-electron chi connectivity index (χ3n) is 2.22. The van der Waals surface area contributed by atoms with Crippen molar-refractivity contribution in [2.45, 2.75) is 13.3 Å². The Hall–Kier alpha value is -1.11. The van der Waals surface area contributed by atoms with Crippen LogP contribution in [0.4, 0.5) is 0 Å². The summed E-state index contributed by atoms with van der Waals surface area (Å²) in [5.41, 5.74) is -1.24. The SMILES string of the molecule is C=C(OCCC)C(=O)OCC(CO)(CO)CO. The number of carbonyl (C=O) groups is 1. The summed E-state index contributed by atoms with van der Waals surface area (Å²) in [6.45, 7) is 3.85. The molecule has 6 heteroatoms. The fourth-order valence-corrected chi connectivity index (χ4v) is 0.870. The van der Waals surface area contributed by atoms with Crippen molar-refractivity contribution in [1.29, 1.82) is 0 Å². The topological polar surface area (TPSA) is 96.2 Å². The first-order valence-electron chi connectivity index (χ1n) is 5.36. The maximum absolute atomic E-state index is 11.4. The summed E-state index contributed by atoms with van der Waals surface area (Å²) in [4.78, 5) is 11.4. The van der Waals surface area contributed by atoms with Crippen LogP contribution >= 0.6 is 0 Å². The van der Waals surface area contributed by atoms with Gasteiger partial charge in [-0.15, -0.1) is 0 Å². The van der Waals surface area contributed by atoms with Crippen LogP contribution in [0.3, 0.4) is 0 Å². The van der Waals surface area contributed by atoms with Crippen LogP contribution in [-0.4, -0.2) is 54.3 Å². The molecule has 0 rings (SSSR count). The maximum Gasteiger partial charge on any atom is 0.372 e. The molecule has 0 spiro atoms. The lowest BCUT2D eigenvalue weighted by atomic mass is 9.93. The van der Waals surface area contributed by atoms with Crippen LogP contribution in [0.5, 0.6) is 0 Å². The molecule has 0 aromatic heterocycles. The van der Waals surface area contributed by atoms with E-state index >= 15 is 0 Å². The van der Waals surface area contributed by atoms with E-state index in [4.69, 9.17) is 24.8 Å². The molecule has 0 fully saturated rings. The molecule has 0 aliphatic heterocycles. The monoisotopic (exact) mass is 248 g/mol. The minimum atomic E-state index is -1.24. The molecule has 6 nitrogen and oxygen atoms in total. The first-order chi connectivity index (χ1) is 8.05. The summed E-state index contributed by atoms with van der Waals surface area (Å²) < 4.78 is 9.76. The summed E-state index contributed by atoms with van der Waals surface area (Å²) in [5.74, 6) is -0.896. The van der Waals surface area contributed by atoms with Gasteiger partial charge in [0.1, 0.15) is 6.61 Å². The molecule has 100 valence electrons. The van der Waals surface area contributed by atoms with E-state index in [9.17, 15) is 4.79 Å². The largest absolute Gasteiger partial charge is 0.487 e. The van der Waals surface area contributed by atoms with Crippen LogP contribution in [0.25, 0.3) is 0 Å². The second-order valence-electron chi connectivity index (χ2n) is 3.82. The average molecular weight is 248 g/mol. The van der Waals surface area contributed by atoms with Gasteiger partial charge in [0.2, 0.25) is 0 Å². The first kappa shape index (κ1) is 15.9. The fraction of sp³-hybridized carbons (Fsp3) is 0.727. The van der Waals surface area contributed by atoms with Crippen LogP contribution in [0, 0.1) is 5.41 Å². The number of aliphatic hydroxyl groups is 3. The summed E-state index contributed by atoms with van der Waals surface area (Å²) in [6.07, 6.45) is 0.736. The molecule has 0 atom stereocenters. The van der Waals surface area contributed by atoms with Gasteiger partial charge in [-0.3, -0.25) is 0 Å². The molecular formula is C11H20O6. The number of aliphatic hydroxyl groups excluding tert-OH is 3. The van der Waals surface area contributed by atoms with Gasteiger partial charge in [-0.25, -0.2) is 4.79 Å². The lowest BCUT2D eigenvalue weighted by Crippen LogP contribution is -2.39. The molecule has 17 heavy (non-hydrogen) atoms. The molecule has 0 unspecified atom stereocenters. The quantitative estimate of drug-likeness (QED) is 0.287. The second kappa shape index (κ2) is 8.05. The van der Waals surface area contributed by atoms with Crippen LogP contribution in [0.1, 0.15) is 13.3 Å². The molecule has 0 saturated heterocycles. The Bertz CT molecular complexity index is 238. The van der Waals surface area contributed by atoms with Gasteiger partial charge in [0.25, 0.3) is 0 Å². The van der Waals surface area contributed by atoms with Crippen LogP contribution in [-0.2, 0) is 14.3 Å². The molecule has 0 saturated carbocycles. The molecule has 0 aliphatic carbocycles. The van der Waals surface area contributed by atoms with Gasteiger partial charge in [-0.2, -0.15) is 0 Å². The van der Waals surface area contributed by atoms with E-state index in [2.05, 4.69) is 6.58 Å². The fourth-order valence-electron chi connectivity index (χ4n) is 0.870. The molecular weight excluding hydrogens is 228 g/mol. The van der Waals surface area contributed by atoms with Gasteiger partial charge in [0.15, 0.2) is 5.76 Å². The highest BCUT2D eigenvalue weighted by Gasteiger charge is 2.30. The third kappa shape index (κ3) is 5.16. The Morgan fingerprint density at radius 2 is 1.71 bits per heavy atom. The lowest BCUT2D eigenvalue weighted by molar-refractivity contribution is -0.150. The minimum Gasteiger partial charge on any atom is -0.487 e. The van der Waals surface area contributed by atoms with Crippen LogP contribution < -0.4 is 0 Å². The average Bonchev–Trinajstić information content (AvgIpc) is 2.37. The Morgan fingerprint density at radius 1 is 1.18 bits per heavy atom. The predicted molar refractivity (Wildman–Crippen MR) is 60.0 cm³/mol. The summed E-state index contributed by atoms with van der Waals surface area (Å²) >= 11 is 0. The number of hydrogen-bond acceptors (Lipinski definition) is 6. The van der Waals surface area contributed by atoms with E-state index in [1.54, 1.807) is 0 Å². The maximum atomic E-state index is 11.4. The van der Waals surface area contributed by atoms with Crippen molar-refractivity contribution >= 4 is 5.97 Å². The molecule has 0 heterocycles. The minimum absolute atomic E-state index is 0.130. The zero-order valence-electron chi connectivity index (χ0n) is 10.0. The van der Waals surface area contributed by atoms with Crippen molar-refractivity contribution in [3.05, 3.63) is 12.3 Å². The Balaban J connectivity index is 4.17. The molecule has 3 N–H and O–H groups in total. The van der Waals surface area contributed by atoms with E-state index in [0.717, 1.165) is 6.42 Å². The standard InChI is InChI=1S/C11H20O6/c1-3-4-16-9(2)10(15)17-8-11(5-12,6-13)7-14/h12-14H,2-8H2,1H3. The normalized spacial score (nSPS) is 11.1. The van der Waals surface area contributed by atoms with Gasteiger partial charge in [-0.05, 0) is 13.0 Å². The van der Waals surface area contributed by atoms with Crippen molar-refractivity contribution in [3.63, 3.8) is 0 Å². The summed E-state index contributed by atoms with van der Waals surface area (Å²) in [7, 11) is 0. The van der Waals surface area contributed by atoms with E-state index in [1.165, 1.54) is 0 Å². The molecule has 0 aliphatic rings. The Morgan fingerprint density at radius 3 is 2.12 bits per heavy atom. The molecule has 0 amide bonds. The smallest absolute Gasteiger partial charge is 0.372 e. The van der Waals surface area contributed by atoms with Crippen LogP contribution in [0.15, 0.2) is 12.3 Å². The molecule has 0 aromatic carbocycles. The highest BCUT2D eigenvalue weighted by atomic mass is 16.6. The van der Waals surface area contributed by atoms with Crippen molar-refractivity contribution in [2.24, 2.45) is 5.41 Å². The van der Waals surface area contributed by atoms with E-state index in [-0.39, 0.29) is 12.4 Å². The van der Waals surface area contributed by atoms with Gasteiger partial charge in [-0.1, -0.05) is 6.92 Å². The summed E-state index contributed by atoms with van der Waals surface area (Å²) in [6, 6.07) is 0. The molecule has 0 bridgehead atoms. The molecule has 0 radical (unpaired) electrons. The van der Waals surface area contributed by atoms with Gasteiger partial charge >= 0.3 is 5.97 Å². The number of rotatable bonds is 9. The molecule has 0 aromatic rings. The van der Waals surface area contributed by atoms with Gasteiger partial charge in [0, 0.05) is 0 Å². The second-order valence-corrected chi connectivity index (χ2v) is 3.82. The van der Waals surface area contributed by atoms with E-state index in [1.807, 2.05) is 6.92 Å². The highest BCUT2D eigenvalue weighted by molar-refractivity contribution is 5.85. The van der Waals surface area contributed by atoms with Gasteiger partial charge < -0.3 is 24.8 Å². The Kier molecular flexibility index (Phi) is 7.53. The van der Waals surface area contributed by atoms with E-state index < -0.39 is 31.2 Å². The number of ether oxygens (including phenoxy) is 2. The zero-order chi connectivity index (χ0) is 13.3. The Labute approximate surface area is 100 Å². The van der Waals surface area contributed by atoms with Crippen molar-refractivity contribution < 1.29 is 29.6 Å². The number of esters is 1. The van der Waals surface area contributed by atoms with Crippen molar-refractivity contribution in [3.8, 4) is 0 Å². The highest BCUT2D eigenvalue weighted by Crippen LogP contribution is 2.15.